The lowest BCUT2D eigenvalue weighted by Crippen LogP contribution is -2.03. The third-order valence-electron chi connectivity index (χ3n) is 4.34. The summed E-state index contributed by atoms with van der Waals surface area (Å²) in [5, 5.41) is 10.6. The van der Waals surface area contributed by atoms with E-state index in [-0.39, 0.29) is 5.63 Å². The Bertz CT molecular complexity index is 1000. The molecule has 1 fully saturated rings. The van der Waals surface area contributed by atoms with Crippen LogP contribution in [0.3, 0.4) is 0 Å². The zero-order valence-electron chi connectivity index (χ0n) is 14.1. The molecule has 4 rings (SSSR count). The van der Waals surface area contributed by atoms with Crippen molar-refractivity contribution >= 4 is 22.7 Å². The number of aryl methyl sites for hydroxylation is 1. The normalized spacial score (nSPS) is 14.1. The van der Waals surface area contributed by atoms with Gasteiger partial charge in [-0.15, -0.1) is 16.8 Å². The molecule has 0 N–H and O–H groups in total. The Morgan fingerprint density at radius 2 is 2.20 bits per heavy atom. The minimum absolute atomic E-state index is 0.320. The molecule has 0 unspecified atom stereocenters. The van der Waals surface area contributed by atoms with Crippen LogP contribution in [0.5, 0.6) is 0 Å². The van der Waals surface area contributed by atoms with E-state index in [9.17, 15) is 4.79 Å². The third-order valence-corrected chi connectivity index (χ3v) is 5.36. The van der Waals surface area contributed by atoms with Gasteiger partial charge in [0.1, 0.15) is 11.4 Å². The van der Waals surface area contributed by atoms with Gasteiger partial charge in [0.2, 0.25) is 0 Å². The Labute approximate surface area is 149 Å². The van der Waals surface area contributed by atoms with Crippen LogP contribution < -0.4 is 5.63 Å². The molecule has 1 aliphatic rings. The van der Waals surface area contributed by atoms with Crippen molar-refractivity contribution in [3.05, 3.63) is 64.3 Å². The summed E-state index contributed by atoms with van der Waals surface area (Å²) in [5.41, 5.74) is 2.34. The van der Waals surface area contributed by atoms with E-state index < -0.39 is 0 Å². The second-order valence-electron chi connectivity index (χ2n) is 6.39. The van der Waals surface area contributed by atoms with Gasteiger partial charge in [-0.25, -0.2) is 4.79 Å². The number of hydrogen-bond acceptors (Lipinski definition) is 5. The van der Waals surface area contributed by atoms with E-state index >= 15 is 0 Å². The van der Waals surface area contributed by atoms with Gasteiger partial charge >= 0.3 is 5.63 Å². The maximum Gasteiger partial charge on any atom is 0.336 e. The molecule has 0 saturated heterocycles. The first-order chi connectivity index (χ1) is 12.2. The molecule has 1 saturated carbocycles. The number of thioether (sulfide) groups is 1. The number of allylic oxidation sites excluding steroid dienone is 1. The average molecular weight is 353 g/mol. The predicted molar refractivity (Wildman–Crippen MR) is 99.0 cm³/mol. The minimum Gasteiger partial charge on any atom is -0.423 e. The largest absolute Gasteiger partial charge is 0.423 e. The summed E-state index contributed by atoms with van der Waals surface area (Å²) in [7, 11) is 0. The molecule has 25 heavy (non-hydrogen) atoms. The zero-order chi connectivity index (χ0) is 17.4. The highest BCUT2D eigenvalue weighted by Gasteiger charge is 2.30. The van der Waals surface area contributed by atoms with Crippen LogP contribution in [0.25, 0.3) is 11.0 Å². The lowest BCUT2D eigenvalue weighted by atomic mass is 10.1. The van der Waals surface area contributed by atoms with Gasteiger partial charge in [0, 0.05) is 29.7 Å². The van der Waals surface area contributed by atoms with Gasteiger partial charge in [-0.2, -0.15) is 0 Å². The molecule has 2 heterocycles. The number of hydrogen-bond donors (Lipinski definition) is 0. The fourth-order valence-electron chi connectivity index (χ4n) is 2.95. The van der Waals surface area contributed by atoms with Crippen LogP contribution in [0, 0.1) is 6.92 Å². The van der Waals surface area contributed by atoms with Gasteiger partial charge in [-0.05, 0) is 37.0 Å². The highest BCUT2D eigenvalue weighted by molar-refractivity contribution is 7.98. The third kappa shape index (κ3) is 3.26. The van der Waals surface area contributed by atoms with Crippen LogP contribution in [0.2, 0.25) is 0 Å². The van der Waals surface area contributed by atoms with E-state index in [2.05, 4.69) is 21.3 Å². The first-order valence-corrected chi connectivity index (χ1v) is 9.34. The molecular formula is C19H19N3O2S. The summed E-state index contributed by atoms with van der Waals surface area (Å²) < 4.78 is 7.46. The molecule has 2 aromatic heterocycles. The molecule has 128 valence electrons. The SMILES string of the molecule is C=CCn1c(SCc2cc(=O)oc3cc(C)ccc23)nnc1C1CC1. The van der Waals surface area contributed by atoms with E-state index in [0.29, 0.717) is 23.8 Å². The first kappa shape index (κ1) is 16.1. The van der Waals surface area contributed by atoms with Crippen molar-refractivity contribution in [3.63, 3.8) is 0 Å². The van der Waals surface area contributed by atoms with Crippen LogP contribution >= 0.6 is 11.8 Å². The van der Waals surface area contributed by atoms with E-state index in [4.69, 9.17) is 4.42 Å². The second kappa shape index (κ2) is 6.52. The summed E-state index contributed by atoms with van der Waals surface area (Å²) in [4.78, 5) is 11.9. The monoisotopic (exact) mass is 353 g/mol. The maximum atomic E-state index is 11.9. The Kier molecular flexibility index (Phi) is 4.21. The molecule has 5 nitrogen and oxygen atoms in total. The van der Waals surface area contributed by atoms with E-state index in [1.54, 1.807) is 17.8 Å². The molecular weight excluding hydrogens is 334 g/mol. The second-order valence-corrected chi connectivity index (χ2v) is 7.34. The molecule has 1 aromatic carbocycles. The van der Waals surface area contributed by atoms with Gasteiger partial charge in [-0.3, -0.25) is 0 Å². The van der Waals surface area contributed by atoms with E-state index in [0.717, 1.165) is 27.5 Å². The van der Waals surface area contributed by atoms with Crippen molar-refractivity contribution in [2.45, 2.75) is 43.1 Å². The quantitative estimate of drug-likeness (QED) is 0.380. The number of aromatic nitrogens is 3. The molecule has 1 aliphatic carbocycles. The summed E-state index contributed by atoms with van der Waals surface area (Å²) in [5.74, 6) is 2.23. The Morgan fingerprint density at radius 3 is 2.96 bits per heavy atom. The van der Waals surface area contributed by atoms with Crippen LogP contribution in [-0.4, -0.2) is 14.8 Å². The van der Waals surface area contributed by atoms with Crippen molar-refractivity contribution in [1.82, 2.24) is 14.8 Å². The predicted octanol–water partition coefficient (Wildman–Crippen LogP) is 4.05. The maximum absolute atomic E-state index is 11.9. The Morgan fingerprint density at radius 1 is 1.36 bits per heavy atom. The van der Waals surface area contributed by atoms with Crippen LogP contribution in [0.1, 0.15) is 35.7 Å². The topological polar surface area (TPSA) is 60.9 Å². The summed E-state index contributed by atoms with van der Waals surface area (Å²) in [6.07, 6.45) is 4.24. The van der Waals surface area contributed by atoms with Crippen molar-refractivity contribution in [3.8, 4) is 0 Å². The Hall–Kier alpha value is -2.34. The Balaban J connectivity index is 1.64. The van der Waals surface area contributed by atoms with Crippen molar-refractivity contribution in [2.75, 3.05) is 0 Å². The van der Waals surface area contributed by atoms with Gasteiger partial charge < -0.3 is 8.98 Å². The lowest BCUT2D eigenvalue weighted by Gasteiger charge is -2.08. The molecule has 6 heteroatoms. The smallest absolute Gasteiger partial charge is 0.336 e. The highest BCUT2D eigenvalue weighted by Crippen LogP contribution is 2.40. The zero-order valence-corrected chi connectivity index (χ0v) is 14.9. The summed E-state index contributed by atoms with van der Waals surface area (Å²) in [6.45, 7) is 6.53. The van der Waals surface area contributed by atoms with Gasteiger partial charge in [0.15, 0.2) is 5.16 Å². The standard InChI is InChI=1S/C19H19N3O2S/c1-3-8-22-18(13-5-6-13)20-21-19(22)25-11-14-10-17(23)24-16-9-12(2)4-7-15(14)16/h3-4,7,9-10,13H,1,5-6,8,11H2,2H3. The summed E-state index contributed by atoms with van der Waals surface area (Å²) >= 11 is 1.59. The average Bonchev–Trinajstić information content (AvgIpc) is 3.35. The number of rotatable bonds is 6. The molecule has 0 amide bonds. The number of benzene rings is 1. The number of nitrogens with zero attached hydrogens (tertiary/aromatic N) is 3. The van der Waals surface area contributed by atoms with Crippen LogP contribution in [-0.2, 0) is 12.3 Å². The van der Waals surface area contributed by atoms with Crippen LogP contribution in [0.4, 0.5) is 0 Å². The molecule has 0 bridgehead atoms. The molecule has 0 atom stereocenters. The van der Waals surface area contributed by atoms with Crippen molar-refractivity contribution in [1.29, 1.82) is 0 Å². The fourth-order valence-corrected chi connectivity index (χ4v) is 3.90. The van der Waals surface area contributed by atoms with Crippen molar-refractivity contribution < 1.29 is 4.42 Å². The summed E-state index contributed by atoms with van der Waals surface area (Å²) in [6, 6.07) is 7.51. The van der Waals surface area contributed by atoms with Crippen LogP contribution in [0.15, 0.2) is 51.3 Å². The van der Waals surface area contributed by atoms with Gasteiger partial charge in [-0.1, -0.05) is 30.0 Å². The number of fused-ring (bicyclic) bond motifs is 1. The highest BCUT2D eigenvalue weighted by atomic mass is 32.2. The molecule has 0 spiro atoms. The lowest BCUT2D eigenvalue weighted by molar-refractivity contribution is 0.559. The van der Waals surface area contributed by atoms with E-state index in [1.807, 2.05) is 31.2 Å². The van der Waals surface area contributed by atoms with Gasteiger partial charge in [0.25, 0.3) is 0 Å². The van der Waals surface area contributed by atoms with E-state index in [1.165, 1.54) is 12.8 Å². The molecule has 0 aliphatic heterocycles. The molecule has 3 aromatic rings. The van der Waals surface area contributed by atoms with Gasteiger partial charge in [0.05, 0.1) is 0 Å². The first-order valence-electron chi connectivity index (χ1n) is 8.36. The fraction of sp³-hybridized carbons (Fsp3) is 0.316. The minimum atomic E-state index is -0.320. The molecule has 0 radical (unpaired) electrons. The van der Waals surface area contributed by atoms with Crippen molar-refractivity contribution in [2.24, 2.45) is 0 Å².